The van der Waals surface area contributed by atoms with Crippen molar-refractivity contribution in [1.29, 1.82) is 0 Å². The Morgan fingerprint density at radius 1 is 0.962 bits per heavy atom. The molecule has 0 unspecified atom stereocenters. The third kappa shape index (κ3) is 2.21. The van der Waals surface area contributed by atoms with Crippen molar-refractivity contribution in [3.63, 3.8) is 0 Å². The molecule has 5 nitrogen and oxygen atoms in total. The van der Waals surface area contributed by atoms with Gasteiger partial charge in [0.2, 0.25) is 12.6 Å². The average molecular weight is 346 g/mol. The van der Waals surface area contributed by atoms with Crippen molar-refractivity contribution in [2.24, 2.45) is 0 Å². The van der Waals surface area contributed by atoms with Crippen LogP contribution in [-0.2, 0) is 0 Å². The minimum atomic E-state index is -0.540. The summed E-state index contributed by atoms with van der Waals surface area (Å²) in [6.45, 7) is 2.03. The molecule has 0 N–H and O–H groups in total. The van der Waals surface area contributed by atoms with E-state index in [2.05, 4.69) is 0 Å². The molecule has 0 saturated carbocycles. The monoisotopic (exact) mass is 346 g/mol. The van der Waals surface area contributed by atoms with Crippen LogP contribution in [0, 0.1) is 6.92 Å². The molecule has 0 aliphatic carbocycles. The molecule has 0 fully saturated rings. The number of carbonyl (C=O) groups is 1. The third-order valence-corrected chi connectivity index (χ3v) is 4.57. The van der Waals surface area contributed by atoms with Crippen LogP contribution in [0.15, 0.2) is 59.0 Å². The van der Waals surface area contributed by atoms with Gasteiger partial charge in [0.05, 0.1) is 0 Å². The first kappa shape index (κ1) is 14.8. The summed E-state index contributed by atoms with van der Waals surface area (Å²) < 4.78 is 22.0. The van der Waals surface area contributed by atoms with Crippen LogP contribution in [0.1, 0.15) is 16.1 Å². The summed E-state index contributed by atoms with van der Waals surface area (Å²) in [5.74, 6) is 1.23. The molecule has 0 atom stereocenters. The van der Waals surface area contributed by atoms with E-state index in [4.69, 9.17) is 18.6 Å². The molecule has 0 radical (unpaired) electrons. The Hall–Kier alpha value is -3.47. The van der Waals surface area contributed by atoms with E-state index in [9.17, 15) is 4.79 Å². The third-order valence-electron chi connectivity index (χ3n) is 4.57. The number of fused-ring (bicyclic) bond motifs is 4. The summed E-state index contributed by atoms with van der Waals surface area (Å²) in [5.41, 5.74) is 1.45. The lowest BCUT2D eigenvalue weighted by molar-refractivity contribution is 0.0702. The minimum Gasteiger partial charge on any atom is -0.454 e. The highest BCUT2D eigenvalue weighted by molar-refractivity contribution is 6.08. The Kier molecular flexibility index (Phi) is 3.15. The number of hydrogen-bond donors (Lipinski definition) is 0. The second-order valence-corrected chi connectivity index (χ2v) is 6.12. The molecule has 26 heavy (non-hydrogen) atoms. The average Bonchev–Trinajstić information content (AvgIpc) is 3.26. The van der Waals surface area contributed by atoms with Gasteiger partial charge in [0, 0.05) is 22.4 Å². The Balaban J connectivity index is 1.55. The first-order valence-corrected chi connectivity index (χ1v) is 8.23. The molecule has 0 bridgehead atoms. The standard InChI is InChI=1S/C21H14O5/c1-12-15-8-6-13-4-2-3-5-16(13)20(15)26-19(12)21(22)25-14-7-9-17-18(10-14)24-11-23-17/h2-10H,11H2,1H3. The maximum Gasteiger partial charge on any atom is 0.379 e. The molecule has 0 amide bonds. The number of aryl methyl sites for hydroxylation is 1. The van der Waals surface area contributed by atoms with Crippen LogP contribution in [-0.4, -0.2) is 12.8 Å². The Morgan fingerprint density at radius 2 is 1.81 bits per heavy atom. The normalized spacial score (nSPS) is 12.7. The zero-order valence-electron chi connectivity index (χ0n) is 13.9. The molecule has 5 rings (SSSR count). The van der Waals surface area contributed by atoms with Gasteiger partial charge in [0.15, 0.2) is 11.5 Å². The summed E-state index contributed by atoms with van der Waals surface area (Å²) in [6, 6.07) is 16.9. The molecule has 0 spiro atoms. The largest absolute Gasteiger partial charge is 0.454 e. The molecule has 0 saturated heterocycles. The summed E-state index contributed by atoms with van der Waals surface area (Å²) in [5, 5.41) is 2.93. The number of carbonyl (C=O) groups excluding carboxylic acids is 1. The van der Waals surface area contributed by atoms with Crippen molar-refractivity contribution in [1.82, 2.24) is 0 Å². The van der Waals surface area contributed by atoms with Gasteiger partial charge in [-0.3, -0.25) is 0 Å². The predicted molar refractivity (Wildman–Crippen MR) is 96.0 cm³/mol. The number of benzene rings is 3. The van der Waals surface area contributed by atoms with Gasteiger partial charge in [-0.25, -0.2) is 4.79 Å². The summed E-state index contributed by atoms with van der Waals surface area (Å²) in [6.07, 6.45) is 0. The lowest BCUT2D eigenvalue weighted by atomic mass is 10.1. The van der Waals surface area contributed by atoms with Crippen molar-refractivity contribution < 1.29 is 23.4 Å². The molecule has 128 valence electrons. The van der Waals surface area contributed by atoms with Crippen LogP contribution < -0.4 is 14.2 Å². The Morgan fingerprint density at radius 3 is 2.73 bits per heavy atom. The molecule has 4 aromatic rings. The summed E-state index contributed by atoms with van der Waals surface area (Å²) in [4.78, 5) is 12.7. The fraction of sp³-hybridized carbons (Fsp3) is 0.0952. The second kappa shape index (κ2) is 5.52. The van der Waals surface area contributed by atoms with Gasteiger partial charge in [-0.15, -0.1) is 0 Å². The van der Waals surface area contributed by atoms with Crippen molar-refractivity contribution in [3.05, 3.63) is 65.9 Å². The predicted octanol–water partition coefficient (Wildman–Crippen LogP) is 4.84. The first-order valence-electron chi connectivity index (χ1n) is 8.23. The zero-order chi connectivity index (χ0) is 17.7. The van der Waals surface area contributed by atoms with Crippen LogP contribution in [0.4, 0.5) is 0 Å². The molecule has 1 aromatic heterocycles. The van der Waals surface area contributed by atoms with Gasteiger partial charge in [-0.1, -0.05) is 36.4 Å². The van der Waals surface area contributed by atoms with Gasteiger partial charge < -0.3 is 18.6 Å². The number of ether oxygens (including phenoxy) is 3. The highest BCUT2D eigenvalue weighted by Gasteiger charge is 2.22. The number of esters is 1. The molecule has 5 heteroatoms. The van der Waals surface area contributed by atoms with Crippen LogP contribution in [0.5, 0.6) is 17.2 Å². The Bertz CT molecular complexity index is 1170. The highest BCUT2D eigenvalue weighted by Crippen LogP contribution is 2.36. The number of furan rings is 1. The molecule has 1 aliphatic heterocycles. The fourth-order valence-electron chi connectivity index (χ4n) is 3.24. The fourth-order valence-corrected chi connectivity index (χ4v) is 3.24. The summed E-state index contributed by atoms with van der Waals surface area (Å²) >= 11 is 0. The van der Waals surface area contributed by atoms with Crippen molar-refractivity contribution in [2.45, 2.75) is 6.92 Å². The van der Waals surface area contributed by atoms with Gasteiger partial charge in [0.25, 0.3) is 0 Å². The smallest absolute Gasteiger partial charge is 0.379 e. The van der Waals surface area contributed by atoms with Crippen molar-refractivity contribution in [2.75, 3.05) is 6.79 Å². The van der Waals surface area contributed by atoms with E-state index in [1.54, 1.807) is 18.2 Å². The summed E-state index contributed by atoms with van der Waals surface area (Å²) in [7, 11) is 0. The van der Waals surface area contributed by atoms with Crippen molar-refractivity contribution in [3.8, 4) is 17.2 Å². The van der Waals surface area contributed by atoms with Gasteiger partial charge in [-0.05, 0) is 24.4 Å². The lowest BCUT2D eigenvalue weighted by Crippen LogP contribution is -2.08. The first-order chi connectivity index (χ1) is 12.7. The van der Waals surface area contributed by atoms with E-state index in [1.807, 2.05) is 43.3 Å². The second-order valence-electron chi connectivity index (χ2n) is 6.12. The SMILES string of the molecule is Cc1c(C(=O)Oc2ccc3c(c2)OCO3)oc2c1ccc1ccccc12. The highest BCUT2D eigenvalue weighted by atomic mass is 16.7. The zero-order valence-corrected chi connectivity index (χ0v) is 13.9. The van der Waals surface area contributed by atoms with Crippen LogP contribution in [0.25, 0.3) is 21.7 Å². The molecular weight excluding hydrogens is 332 g/mol. The maximum absolute atomic E-state index is 12.7. The van der Waals surface area contributed by atoms with E-state index in [0.29, 0.717) is 22.8 Å². The van der Waals surface area contributed by atoms with E-state index in [-0.39, 0.29) is 12.6 Å². The minimum absolute atomic E-state index is 0.169. The van der Waals surface area contributed by atoms with E-state index in [0.717, 1.165) is 21.7 Å². The maximum atomic E-state index is 12.7. The van der Waals surface area contributed by atoms with Crippen LogP contribution >= 0.6 is 0 Å². The topological polar surface area (TPSA) is 57.9 Å². The number of rotatable bonds is 2. The van der Waals surface area contributed by atoms with E-state index >= 15 is 0 Å². The van der Waals surface area contributed by atoms with Gasteiger partial charge in [-0.2, -0.15) is 0 Å². The van der Waals surface area contributed by atoms with Crippen LogP contribution in [0.3, 0.4) is 0 Å². The van der Waals surface area contributed by atoms with Gasteiger partial charge in [0.1, 0.15) is 11.3 Å². The molecule has 3 aromatic carbocycles. The van der Waals surface area contributed by atoms with Crippen molar-refractivity contribution >= 4 is 27.7 Å². The molecule has 2 heterocycles. The van der Waals surface area contributed by atoms with E-state index in [1.165, 1.54) is 0 Å². The molecule has 1 aliphatic rings. The van der Waals surface area contributed by atoms with Gasteiger partial charge >= 0.3 is 5.97 Å². The Labute approximate surface area is 148 Å². The van der Waals surface area contributed by atoms with E-state index < -0.39 is 5.97 Å². The lowest BCUT2D eigenvalue weighted by Gasteiger charge is -2.04. The number of hydrogen-bond acceptors (Lipinski definition) is 5. The quantitative estimate of drug-likeness (QED) is 0.384. The van der Waals surface area contributed by atoms with Crippen LogP contribution in [0.2, 0.25) is 0 Å². The molecular formula is C21H14O5.